The van der Waals surface area contributed by atoms with E-state index >= 15 is 0 Å². The van der Waals surface area contributed by atoms with Gasteiger partial charge in [0.15, 0.2) is 0 Å². The van der Waals surface area contributed by atoms with Crippen LogP contribution >= 0.6 is 0 Å². The maximum atomic E-state index is 12.2. The minimum Gasteiger partial charge on any atom is -0.396 e. The summed E-state index contributed by atoms with van der Waals surface area (Å²) in [6.07, 6.45) is 15.4. The number of rotatable bonds is 3. The van der Waals surface area contributed by atoms with Crippen LogP contribution < -0.4 is 0 Å². The summed E-state index contributed by atoms with van der Waals surface area (Å²) in [5, 5.41) is 26.2. The second-order valence-corrected chi connectivity index (χ2v) is 16.1. The Morgan fingerprint density at radius 1 is 1.00 bits per heavy atom. The van der Waals surface area contributed by atoms with Gasteiger partial charge in [-0.05, 0) is 109 Å². The van der Waals surface area contributed by atoms with E-state index in [-0.39, 0.29) is 39.6 Å². The van der Waals surface area contributed by atoms with E-state index in [9.17, 15) is 10.2 Å². The zero-order chi connectivity index (χ0) is 26.6. The third kappa shape index (κ3) is 3.30. The van der Waals surface area contributed by atoms with E-state index in [4.69, 9.17) is 4.52 Å². The number of nitrogens with zero attached hydrogens (tertiary/aromatic N) is 1. The van der Waals surface area contributed by atoms with E-state index in [0.29, 0.717) is 17.3 Å². The molecule has 0 saturated heterocycles. The highest BCUT2D eigenvalue weighted by atomic mass is 16.5. The van der Waals surface area contributed by atoms with Crippen LogP contribution in [-0.4, -0.2) is 28.1 Å². The SMILES string of the molecule is CC1(C)CC[C@]2(CCCO)CC[C@]3(C)[C@H](C(O)C=C4[C@@]5(C)Cc6cnoc6C(C)(C)[C@@H]5CC[C@]43C)[C@@H]2C1. The molecule has 0 bridgehead atoms. The Morgan fingerprint density at radius 3 is 2.46 bits per heavy atom. The van der Waals surface area contributed by atoms with Crippen LogP contribution in [0.15, 0.2) is 22.4 Å². The molecule has 3 fully saturated rings. The normalized spacial score (nSPS) is 47.5. The first-order valence-electron chi connectivity index (χ1n) is 15.2. The lowest BCUT2D eigenvalue weighted by Gasteiger charge is -2.71. The number of allylic oxidation sites excluding steroid dienone is 1. The molecule has 206 valence electrons. The van der Waals surface area contributed by atoms with Crippen molar-refractivity contribution in [3.8, 4) is 0 Å². The largest absolute Gasteiger partial charge is 0.396 e. The molecule has 3 saturated carbocycles. The van der Waals surface area contributed by atoms with Gasteiger partial charge in [-0.1, -0.05) is 65.3 Å². The van der Waals surface area contributed by atoms with Gasteiger partial charge >= 0.3 is 0 Å². The maximum Gasteiger partial charge on any atom is 0.145 e. The van der Waals surface area contributed by atoms with Crippen LogP contribution in [-0.2, 0) is 11.8 Å². The lowest BCUT2D eigenvalue weighted by atomic mass is 9.33. The number of aliphatic hydroxyl groups is 2. The minimum absolute atomic E-state index is 0.00126. The minimum atomic E-state index is -0.400. The van der Waals surface area contributed by atoms with E-state index in [1.807, 2.05) is 6.20 Å². The molecule has 1 heterocycles. The first kappa shape index (κ1) is 26.1. The van der Waals surface area contributed by atoms with Crippen LogP contribution in [0.25, 0.3) is 0 Å². The molecule has 4 nitrogen and oxygen atoms in total. The van der Waals surface area contributed by atoms with Gasteiger partial charge in [-0.3, -0.25) is 0 Å². The summed E-state index contributed by atoms with van der Waals surface area (Å²) in [5.74, 6) is 2.36. The first-order valence-corrected chi connectivity index (χ1v) is 15.2. The van der Waals surface area contributed by atoms with Crippen LogP contribution in [0.2, 0.25) is 0 Å². The van der Waals surface area contributed by atoms with Crippen molar-refractivity contribution in [2.24, 2.45) is 44.8 Å². The Labute approximate surface area is 224 Å². The summed E-state index contributed by atoms with van der Waals surface area (Å²) < 4.78 is 5.84. The molecule has 0 aromatic carbocycles. The third-order valence-corrected chi connectivity index (χ3v) is 13.5. The predicted octanol–water partition coefficient (Wildman–Crippen LogP) is 7.23. The molecule has 1 aromatic heterocycles. The number of hydrogen-bond donors (Lipinski definition) is 2. The quantitative estimate of drug-likeness (QED) is 0.422. The third-order valence-electron chi connectivity index (χ3n) is 13.5. The molecule has 8 atom stereocenters. The Morgan fingerprint density at radius 2 is 1.73 bits per heavy atom. The van der Waals surface area contributed by atoms with E-state index in [2.05, 4.69) is 59.7 Å². The van der Waals surface area contributed by atoms with Crippen molar-refractivity contribution in [2.45, 2.75) is 124 Å². The second kappa shape index (κ2) is 7.96. The summed E-state index contributed by atoms with van der Waals surface area (Å²) >= 11 is 0. The molecular weight excluding hydrogens is 458 g/mol. The van der Waals surface area contributed by atoms with Crippen LogP contribution in [0.3, 0.4) is 0 Å². The molecule has 1 unspecified atom stereocenters. The molecule has 5 aliphatic rings. The van der Waals surface area contributed by atoms with Crippen molar-refractivity contribution < 1.29 is 14.7 Å². The summed E-state index contributed by atoms with van der Waals surface area (Å²) in [4.78, 5) is 0. The molecule has 0 spiro atoms. The number of fused-ring (bicyclic) bond motifs is 8. The fraction of sp³-hybridized carbons (Fsp3) is 0.848. The molecule has 4 heteroatoms. The lowest BCUT2D eigenvalue weighted by Crippen LogP contribution is -2.65. The van der Waals surface area contributed by atoms with Crippen molar-refractivity contribution in [3.05, 3.63) is 29.2 Å². The van der Waals surface area contributed by atoms with Gasteiger partial charge in [0, 0.05) is 17.6 Å². The lowest BCUT2D eigenvalue weighted by molar-refractivity contribution is -0.189. The summed E-state index contributed by atoms with van der Waals surface area (Å²) in [6, 6.07) is 0. The van der Waals surface area contributed by atoms with Gasteiger partial charge in [0.05, 0.1) is 12.3 Å². The fourth-order valence-electron chi connectivity index (χ4n) is 11.5. The van der Waals surface area contributed by atoms with Gasteiger partial charge in [-0.15, -0.1) is 0 Å². The summed E-state index contributed by atoms with van der Waals surface area (Å²) in [7, 11) is 0. The highest BCUT2D eigenvalue weighted by Crippen LogP contribution is 2.75. The van der Waals surface area contributed by atoms with E-state index in [0.717, 1.165) is 25.0 Å². The second-order valence-electron chi connectivity index (χ2n) is 16.1. The highest BCUT2D eigenvalue weighted by Gasteiger charge is 2.69. The predicted molar refractivity (Wildman–Crippen MR) is 147 cm³/mol. The van der Waals surface area contributed by atoms with Crippen molar-refractivity contribution in [1.82, 2.24) is 5.16 Å². The molecule has 0 radical (unpaired) electrons. The Bertz CT molecular complexity index is 1100. The van der Waals surface area contributed by atoms with Crippen molar-refractivity contribution in [1.29, 1.82) is 0 Å². The van der Waals surface area contributed by atoms with Gasteiger partial charge in [0.1, 0.15) is 5.76 Å². The zero-order valence-corrected chi connectivity index (χ0v) is 24.5. The number of aromatic nitrogens is 1. The number of aliphatic hydroxyl groups excluding tert-OH is 2. The van der Waals surface area contributed by atoms with Crippen LogP contribution in [0.1, 0.15) is 118 Å². The molecule has 1 aromatic rings. The summed E-state index contributed by atoms with van der Waals surface area (Å²) in [6.45, 7) is 17.5. The summed E-state index contributed by atoms with van der Waals surface area (Å²) in [5.41, 5.74) is 3.47. The first-order chi connectivity index (χ1) is 17.2. The average molecular weight is 510 g/mol. The zero-order valence-electron chi connectivity index (χ0n) is 24.5. The molecule has 0 amide bonds. The van der Waals surface area contributed by atoms with Gasteiger partial charge in [-0.25, -0.2) is 0 Å². The van der Waals surface area contributed by atoms with E-state index < -0.39 is 6.10 Å². The molecule has 0 aliphatic heterocycles. The monoisotopic (exact) mass is 509 g/mol. The fourth-order valence-corrected chi connectivity index (χ4v) is 11.5. The van der Waals surface area contributed by atoms with Crippen LogP contribution in [0.4, 0.5) is 0 Å². The van der Waals surface area contributed by atoms with Crippen LogP contribution in [0.5, 0.6) is 0 Å². The van der Waals surface area contributed by atoms with Crippen molar-refractivity contribution >= 4 is 0 Å². The highest BCUT2D eigenvalue weighted by molar-refractivity contribution is 5.42. The van der Waals surface area contributed by atoms with E-state index in [1.54, 1.807) is 0 Å². The van der Waals surface area contributed by atoms with Crippen molar-refractivity contribution in [3.63, 3.8) is 0 Å². The van der Waals surface area contributed by atoms with Crippen LogP contribution in [0, 0.1) is 44.8 Å². The smallest absolute Gasteiger partial charge is 0.145 e. The van der Waals surface area contributed by atoms with Crippen molar-refractivity contribution in [2.75, 3.05) is 6.61 Å². The average Bonchev–Trinajstić information content (AvgIpc) is 3.28. The molecule has 2 N–H and O–H groups in total. The molecular formula is C33H51NO3. The van der Waals surface area contributed by atoms with Gasteiger partial charge in [0.25, 0.3) is 0 Å². The Kier molecular flexibility index (Phi) is 5.62. The molecule has 37 heavy (non-hydrogen) atoms. The van der Waals surface area contributed by atoms with Gasteiger partial charge < -0.3 is 14.7 Å². The number of hydrogen-bond acceptors (Lipinski definition) is 4. The standard InChI is InChI=1S/C33H51NO3/c1-28(2)12-14-33(10-8-16-35)15-13-32(7)26(22(33)19-28)23(36)17-25-30(5)18-21-20-34-37-27(21)29(3,4)24(30)9-11-31(25,32)6/h17,20,22-24,26,35-36H,8-16,18-19H2,1-7H3/t22-,23?,24-,26-,30-,31+,32+,33+/m0/s1. The van der Waals surface area contributed by atoms with Gasteiger partial charge in [-0.2, -0.15) is 0 Å². The molecule has 5 aliphatic carbocycles. The molecule has 6 rings (SSSR count). The van der Waals surface area contributed by atoms with Gasteiger partial charge in [0.2, 0.25) is 0 Å². The maximum absolute atomic E-state index is 12.2. The Hall–Kier alpha value is -1.13. The Balaban J connectivity index is 1.47. The topological polar surface area (TPSA) is 66.5 Å². The van der Waals surface area contributed by atoms with E-state index in [1.165, 1.54) is 56.1 Å².